The molecular formula is C24H33N3O7S2. The van der Waals surface area contributed by atoms with Crippen LogP contribution in [-0.2, 0) is 31.3 Å². The van der Waals surface area contributed by atoms with Gasteiger partial charge in [-0.3, -0.25) is 9.52 Å². The molecule has 1 aliphatic heterocycles. The Labute approximate surface area is 213 Å². The maximum Gasteiger partial charge on any atom is 0.242 e. The molecule has 1 amide bonds. The van der Waals surface area contributed by atoms with Crippen LogP contribution < -0.4 is 9.46 Å². The average molecular weight is 540 g/mol. The number of aliphatic hydroxyl groups excluding tert-OH is 1. The molecule has 3 atom stereocenters. The van der Waals surface area contributed by atoms with Gasteiger partial charge in [-0.1, -0.05) is 25.1 Å². The van der Waals surface area contributed by atoms with Gasteiger partial charge in [0.05, 0.1) is 36.8 Å². The van der Waals surface area contributed by atoms with Gasteiger partial charge in [-0.2, -0.15) is 4.31 Å². The Bertz CT molecular complexity index is 1280. The number of hydrogen-bond acceptors (Lipinski definition) is 7. The Hall–Kier alpha value is -2.67. The van der Waals surface area contributed by atoms with E-state index in [9.17, 15) is 26.7 Å². The molecular weight excluding hydrogens is 506 g/mol. The number of nitrogens with one attached hydrogen (secondary N) is 1. The molecule has 0 radical (unpaired) electrons. The molecule has 36 heavy (non-hydrogen) atoms. The zero-order chi connectivity index (χ0) is 26.7. The second-order valence-corrected chi connectivity index (χ2v) is 13.0. The number of ether oxygens (including phenoxy) is 1. The van der Waals surface area contributed by atoms with Gasteiger partial charge in [-0.25, -0.2) is 16.8 Å². The van der Waals surface area contributed by atoms with Crippen LogP contribution in [0.25, 0.3) is 0 Å². The first kappa shape index (κ1) is 27.9. The minimum Gasteiger partial charge on any atom is -0.488 e. The molecule has 0 fully saturated rings. The largest absolute Gasteiger partial charge is 0.488 e. The highest BCUT2D eigenvalue weighted by Crippen LogP contribution is 2.30. The van der Waals surface area contributed by atoms with Crippen molar-refractivity contribution in [2.24, 2.45) is 5.92 Å². The van der Waals surface area contributed by atoms with Gasteiger partial charge in [0.1, 0.15) is 11.9 Å². The number of amides is 1. The van der Waals surface area contributed by atoms with Crippen molar-refractivity contribution in [1.29, 1.82) is 0 Å². The fourth-order valence-corrected chi connectivity index (χ4v) is 5.81. The van der Waals surface area contributed by atoms with E-state index in [1.165, 1.54) is 35.6 Å². The van der Waals surface area contributed by atoms with E-state index in [2.05, 4.69) is 4.72 Å². The third-order valence-corrected chi connectivity index (χ3v) is 8.55. The van der Waals surface area contributed by atoms with Crippen molar-refractivity contribution < 1.29 is 31.5 Å². The first-order chi connectivity index (χ1) is 16.8. The van der Waals surface area contributed by atoms with Gasteiger partial charge in [-0.05, 0) is 37.3 Å². The van der Waals surface area contributed by atoms with Crippen molar-refractivity contribution in [3.8, 4) is 5.75 Å². The number of hydrogen-bond donors (Lipinski definition) is 2. The lowest BCUT2D eigenvalue weighted by atomic mass is 10.0. The first-order valence-corrected chi connectivity index (χ1v) is 14.8. The van der Waals surface area contributed by atoms with Gasteiger partial charge < -0.3 is 14.7 Å². The van der Waals surface area contributed by atoms with Gasteiger partial charge >= 0.3 is 0 Å². The van der Waals surface area contributed by atoms with Crippen LogP contribution in [0.3, 0.4) is 0 Å². The summed E-state index contributed by atoms with van der Waals surface area (Å²) in [6, 6.07) is 12.3. The zero-order valence-corrected chi connectivity index (χ0v) is 22.4. The molecule has 0 bridgehead atoms. The number of sulfonamides is 2. The van der Waals surface area contributed by atoms with Gasteiger partial charge in [0.2, 0.25) is 26.0 Å². The summed E-state index contributed by atoms with van der Waals surface area (Å²) in [6.45, 7) is 3.61. The number of carbonyl (C=O) groups excluding carboxylic acids is 1. The Morgan fingerprint density at radius 3 is 2.44 bits per heavy atom. The van der Waals surface area contributed by atoms with Crippen LogP contribution >= 0.6 is 0 Å². The molecule has 0 saturated heterocycles. The van der Waals surface area contributed by atoms with Crippen molar-refractivity contribution >= 4 is 31.6 Å². The van der Waals surface area contributed by atoms with E-state index >= 15 is 0 Å². The van der Waals surface area contributed by atoms with Crippen molar-refractivity contribution in [2.75, 3.05) is 37.7 Å². The highest BCUT2D eigenvalue weighted by molar-refractivity contribution is 7.92. The number of fused-ring (bicyclic) bond motifs is 1. The molecule has 3 rings (SSSR count). The van der Waals surface area contributed by atoms with Gasteiger partial charge in [0.25, 0.3) is 0 Å². The van der Waals surface area contributed by atoms with E-state index in [-0.39, 0.29) is 48.5 Å². The van der Waals surface area contributed by atoms with Crippen molar-refractivity contribution in [2.45, 2.75) is 37.3 Å². The normalized spacial score (nSPS) is 20.1. The minimum absolute atomic E-state index is 0.0106. The highest BCUT2D eigenvalue weighted by Gasteiger charge is 2.33. The second-order valence-electron chi connectivity index (χ2n) is 9.18. The number of aliphatic hydroxyl groups is 1. The molecule has 1 heterocycles. The van der Waals surface area contributed by atoms with E-state index in [4.69, 9.17) is 4.74 Å². The number of carbonyl (C=O) groups is 1. The smallest absolute Gasteiger partial charge is 0.242 e. The molecule has 10 nitrogen and oxygen atoms in total. The lowest BCUT2D eigenvalue weighted by Gasteiger charge is -2.33. The first-order valence-electron chi connectivity index (χ1n) is 11.5. The number of benzene rings is 2. The number of anilines is 1. The fraction of sp³-hybridized carbons (Fsp3) is 0.458. The molecule has 12 heteroatoms. The van der Waals surface area contributed by atoms with Crippen LogP contribution in [0.1, 0.15) is 19.4 Å². The molecule has 0 spiro atoms. The van der Waals surface area contributed by atoms with E-state index in [1.54, 1.807) is 36.1 Å². The fourth-order valence-electron chi connectivity index (χ4n) is 4.05. The summed E-state index contributed by atoms with van der Waals surface area (Å²) in [4.78, 5) is 14.9. The Morgan fingerprint density at radius 2 is 1.83 bits per heavy atom. The van der Waals surface area contributed by atoms with Gasteiger partial charge in [0, 0.05) is 30.8 Å². The van der Waals surface area contributed by atoms with Crippen LogP contribution in [0, 0.1) is 5.92 Å². The summed E-state index contributed by atoms with van der Waals surface area (Å²) in [5.74, 6) is -0.185. The van der Waals surface area contributed by atoms with Crippen LogP contribution in [-0.4, -0.2) is 82.2 Å². The summed E-state index contributed by atoms with van der Waals surface area (Å²) in [7, 11) is -5.85. The second kappa shape index (κ2) is 11.2. The maximum atomic E-state index is 13.2. The molecule has 198 valence electrons. The predicted molar refractivity (Wildman–Crippen MR) is 137 cm³/mol. The van der Waals surface area contributed by atoms with Crippen LogP contribution in [0.5, 0.6) is 5.75 Å². The van der Waals surface area contributed by atoms with Crippen molar-refractivity contribution in [3.63, 3.8) is 0 Å². The van der Waals surface area contributed by atoms with Crippen molar-refractivity contribution in [3.05, 3.63) is 54.1 Å². The molecule has 2 aromatic rings. The lowest BCUT2D eigenvalue weighted by molar-refractivity contribution is -0.134. The molecule has 2 N–H and O–H groups in total. The minimum atomic E-state index is -3.79. The molecule has 0 aromatic heterocycles. The average Bonchev–Trinajstić information content (AvgIpc) is 2.86. The number of likely N-dealkylation sites (N-methyl/N-ethyl adjacent to an activating group) is 1. The molecule has 2 aromatic carbocycles. The molecule has 0 aliphatic carbocycles. The summed E-state index contributed by atoms with van der Waals surface area (Å²) >= 11 is 0. The SMILES string of the molecule is C[C@@H]1CN([C@@H](C)CO)C(=O)Cc2cc(NS(C)(=O)=O)ccc2O[C@H]1CN(C)S(=O)(=O)c1ccccc1. The van der Waals surface area contributed by atoms with Gasteiger partial charge in [0.15, 0.2) is 0 Å². The van der Waals surface area contributed by atoms with E-state index < -0.39 is 32.2 Å². The third-order valence-electron chi connectivity index (χ3n) is 6.11. The summed E-state index contributed by atoms with van der Waals surface area (Å²) < 4.78 is 59.6. The molecule has 0 unspecified atom stereocenters. The quantitative estimate of drug-likeness (QED) is 0.520. The van der Waals surface area contributed by atoms with Crippen LogP contribution in [0.15, 0.2) is 53.4 Å². The molecule has 1 aliphatic rings. The van der Waals surface area contributed by atoms with E-state index in [1.807, 2.05) is 6.92 Å². The number of rotatable bonds is 8. The summed E-state index contributed by atoms with van der Waals surface area (Å²) in [5, 5.41) is 9.75. The van der Waals surface area contributed by atoms with Gasteiger partial charge in [-0.15, -0.1) is 0 Å². The summed E-state index contributed by atoms with van der Waals surface area (Å²) in [6.07, 6.45) is 0.318. The topological polar surface area (TPSA) is 133 Å². The van der Waals surface area contributed by atoms with Crippen LogP contribution in [0.2, 0.25) is 0 Å². The monoisotopic (exact) mass is 539 g/mol. The third kappa shape index (κ3) is 6.75. The number of nitrogens with zero attached hydrogens (tertiary/aromatic N) is 2. The van der Waals surface area contributed by atoms with E-state index in [0.717, 1.165) is 6.26 Å². The standard InChI is InChI=1S/C24H33N3O7S2/c1-17-14-27(18(2)16-28)24(29)13-19-12-20(25-35(4,30)31)10-11-22(19)34-23(17)15-26(3)36(32,33)21-8-6-5-7-9-21/h5-12,17-18,23,25,28H,13-16H2,1-4H3/t17-,18+,23+/m1/s1. The highest BCUT2D eigenvalue weighted by atomic mass is 32.2. The van der Waals surface area contributed by atoms with Crippen molar-refractivity contribution in [1.82, 2.24) is 9.21 Å². The Kier molecular flexibility index (Phi) is 8.65. The zero-order valence-electron chi connectivity index (χ0n) is 20.8. The lowest BCUT2D eigenvalue weighted by Crippen LogP contribution is -2.48. The summed E-state index contributed by atoms with van der Waals surface area (Å²) in [5.41, 5.74) is 0.735. The predicted octanol–water partition coefficient (Wildman–Crippen LogP) is 1.53. The van der Waals surface area contributed by atoms with Crippen LogP contribution in [0.4, 0.5) is 5.69 Å². The molecule has 0 saturated carbocycles. The van der Waals surface area contributed by atoms with E-state index in [0.29, 0.717) is 11.3 Å². The Morgan fingerprint density at radius 1 is 1.17 bits per heavy atom. The Balaban J connectivity index is 1.99. The maximum absolute atomic E-state index is 13.2.